The lowest BCUT2D eigenvalue weighted by atomic mass is 9.68. The molecule has 0 aromatic heterocycles. The van der Waals surface area contributed by atoms with E-state index in [2.05, 4.69) is 18.9 Å². The van der Waals surface area contributed by atoms with Gasteiger partial charge in [0.15, 0.2) is 0 Å². The largest absolute Gasteiger partial charge is 0.303 e. The summed E-state index contributed by atoms with van der Waals surface area (Å²) in [6.45, 7) is 3.71. The van der Waals surface area contributed by atoms with Crippen LogP contribution < -0.4 is 0 Å². The molecule has 1 saturated carbocycles. The zero-order valence-electron chi connectivity index (χ0n) is 9.89. The van der Waals surface area contributed by atoms with Crippen molar-refractivity contribution in [2.24, 2.45) is 5.41 Å². The molecule has 1 saturated heterocycles. The summed E-state index contributed by atoms with van der Waals surface area (Å²) in [5.74, 6) is 0. The van der Waals surface area contributed by atoms with Gasteiger partial charge in [-0.15, -0.1) is 0 Å². The van der Waals surface area contributed by atoms with E-state index in [1.165, 1.54) is 57.9 Å². The van der Waals surface area contributed by atoms with Crippen LogP contribution in [0.4, 0.5) is 0 Å². The van der Waals surface area contributed by atoms with E-state index in [0.717, 1.165) is 11.5 Å². The van der Waals surface area contributed by atoms with E-state index < -0.39 is 0 Å². The molecule has 0 radical (unpaired) electrons. The van der Waals surface area contributed by atoms with E-state index in [9.17, 15) is 0 Å². The van der Waals surface area contributed by atoms with Crippen LogP contribution in [-0.2, 0) is 0 Å². The maximum Gasteiger partial charge on any atom is 0.00900 e. The molecule has 1 heterocycles. The molecule has 0 N–H and O–H groups in total. The van der Waals surface area contributed by atoms with Crippen LogP contribution in [0.2, 0.25) is 0 Å². The minimum atomic E-state index is 0.735. The monoisotopic (exact) mass is 195 g/mol. The molecular formula is C13H25N. The summed E-state index contributed by atoms with van der Waals surface area (Å²) in [4.78, 5) is 2.63. The third-order valence-electron chi connectivity index (χ3n) is 4.60. The van der Waals surface area contributed by atoms with Gasteiger partial charge in [-0.3, -0.25) is 0 Å². The smallest absolute Gasteiger partial charge is 0.00900 e. The number of likely N-dealkylation sites (tertiary alicyclic amines) is 1. The maximum atomic E-state index is 2.63. The highest BCUT2D eigenvalue weighted by Crippen LogP contribution is 2.44. The van der Waals surface area contributed by atoms with E-state index in [0.29, 0.717) is 0 Å². The van der Waals surface area contributed by atoms with Gasteiger partial charge in [0.2, 0.25) is 0 Å². The Labute approximate surface area is 88.9 Å². The van der Waals surface area contributed by atoms with Gasteiger partial charge in [-0.25, -0.2) is 0 Å². The lowest BCUT2D eigenvalue weighted by molar-refractivity contribution is 0.0313. The van der Waals surface area contributed by atoms with Gasteiger partial charge < -0.3 is 4.90 Å². The van der Waals surface area contributed by atoms with Crippen molar-refractivity contribution in [1.82, 2.24) is 4.90 Å². The predicted molar refractivity (Wildman–Crippen MR) is 61.5 cm³/mol. The predicted octanol–water partition coefficient (Wildman–Crippen LogP) is 3.44. The van der Waals surface area contributed by atoms with Crippen molar-refractivity contribution in [1.29, 1.82) is 0 Å². The van der Waals surface area contributed by atoms with Crippen LogP contribution in [0, 0.1) is 5.41 Å². The van der Waals surface area contributed by atoms with Gasteiger partial charge in [-0.05, 0) is 44.6 Å². The fraction of sp³-hybridized carbons (Fsp3) is 1.00. The van der Waals surface area contributed by atoms with Crippen molar-refractivity contribution in [3.8, 4) is 0 Å². The molecule has 2 aliphatic rings. The zero-order chi connectivity index (χ0) is 10.0. The van der Waals surface area contributed by atoms with Gasteiger partial charge in [-0.2, -0.15) is 0 Å². The summed E-state index contributed by atoms with van der Waals surface area (Å²) < 4.78 is 0. The first-order valence-corrected chi connectivity index (χ1v) is 6.46. The fourth-order valence-corrected chi connectivity index (χ4v) is 3.66. The lowest BCUT2D eigenvalue weighted by Gasteiger charge is -2.47. The van der Waals surface area contributed by atoms with Crippen LogP contribution in [0.1, 0.15) is 58.3 Å². The average Bonchev–Trinajstić information content (AvgIpc) is 2.19. The molecule has 2 rings (SSSR count). The first-order valence-electron chi connectivity index (χ1n) is 6.46. The highest BCUT2D eigenvalue weighted by molar-refractivity contribution is 4.91. The minimum absolute atomic E-state index is 0.735. The van der Waals surface area contributed by atoms with Crippen LogP contribution in [0.3, 0.4) is 0 Å². The Hall–Kier alpha value is -0.0400. The van der Waals surface area contributed by atoms with Crippen LogP contribution in [-0.4, -0.2) is 24.5 Å². The normalized spacial score (nSPS) is 33.4. The van der Waals surface area contributed by atoms with Crippen LogP contribution in [0.15, 0.2) is 0 Å². The standard InChI is InChI=1S/C13H25N/c1-3-12-7-10-13(11-14(12)2)8-5-4-6-9-13/h12H,3-11H2,1-2H3. The summed E-state index contributed by atoms with van der Waals surface area (Å²) in [5.41, 5.74) is 0.735. The Kier molecular flexibility index (Phi) is 3.16. The summed E-state index contributed by atoms with van der Waals surface area (Å²) in [7, 11) is 2.34. The molecule has 1 spiro atoms. The lowest BCUT2D eigenvalue weighted by Crippen LogP contribution is -2.47. The number of nitrogens with zero attached hydrogens (tertiary/aromatic N) is 1. The Morgan fingerprint density at radius 1 is 1.14 bits per heavy atom. The van der Waals surface area contributed by atoms with E-state index in [1.54, 1.807) is 0 Å². The van der Waals surface area contributed by atoms with E-state index in [-0.39, 0.29) is 0 Å². The average molecular weight is 195 g/mol. The van der Waals surface area contributed by atoms with Crippen molar-refractivity contribution in [2.75, 3.05) is 13.6 Å². The molecular weight excluding hydrogens is 170 g/mol. The number of piperidine rings is 1. The van der Waals surface area contributed by atoms with Gasteiger partial charge in [0.25, 0.3) is 0 Å². The van der Waals surface area contributed by atoms with Crippen molar-refractivity contribution in [3.63, 3.8) is 0 Å². The first kappa shape index (κ1) is 10.5. The molecule has 1 aliphatic carbocycles. The Morgan fingerprint density at radius 2 is 1.86 bits per heavy atom. The second-order valence-corrected chi connectivity index (χ2v) is 5.58. The van der Waals surface area contributed by atoms with Crippen LogP contribution in [0.5, 0.6) is 0 Å². The first-order chi connectivity index (χ1) is 6.76. The molecule has 2 fully saturated rings. The molecule has 1 heteroatoms. The number of hydrogen-bond acceptors (Lipinski definition) is 1. The van der Waals surface area contributed by atoms with Crippen molar-refractivity contribution in [3.05, 3.63) is 0 Å². The third-order valence-corrected chi connectivity index (χ3v) is 4.60. The van der Waals surface area contributed by atoms with Crippen LogP contribution in [0.25, 0.3) is 0 Å². The summed E-state index contributed by atoms with van der Waals surface area (Å²) >= 11 is 0. The van der Waals surface area contributed by atoms with Gasteiger partial charge in [0.05, 0.1) is 0 Å². The highest BCUT2D eigenvalue weighted by atomic mass is 15.1. The van der Waals surface area contributed by atoms with Gasteiger partial charge in [-0.1, -0.05) is 26.2 Å². The second kappa shape index (κ2) is 4.22. The van der Waals surface area contributed by atoms with Crippen molar-refractivity contribution in [2.45, 2.75) is 64.3 Å². The highest BCUT2D eigenvalue weighted by Gasteiger charge is 2.37. The van der Waals surface area contributed by atoms with Gasteiger partial charge in [0.1, 0.15) is 0 Å². The van der Waals surface area contributed by atoms with E-state index in [1.807, 2.05) is 0 Å². The molecule has 1 unspecified atom stereocenters. The molecule has 0 bridgehead atoms. The topological polar surface area (TPSA) is 3.24 Å². The molecule has 0 aromatic carbocycles. The molecule has 1 atom stereocenters. The van der Waals surface area contributed by atoms with Crippen LogP contribution >= 0.6 is 0 Å². The fourth-order valence-electron chi connectivity index (χ4n) is 3.66. The summed E-state index contributed by atoms with van der Waals surface area (Å²) in [6.07, 6.45) is 11.8. The minimum Gasteiger partial charge on any atom is -0.303 e. The SMILES string of the molecule is CCC1CCC2(CCCCC2)CN1C. The maximum absolute atomic E-state index is 2.63. The van der Waals surface area contributed by atoms with Crippen molar-refractivity contribution < 1.29 is 0 Å². The third kappa shape index (κ3) is 1.98. The quantitative estimate of drug-likeness (QED) is 0.619. The molecule has 14 heavy (non-hydrogen) atoms. The molecule has 1 aliphatic heterocycles. The number of hydrogen-bond donors (Lipinski definition) is 0. The molecule has 1 nitrogen and oxygen atoms in total. The molecule has 82 valence electrons. The van der Waals surface area contributed by atoms with E-state index >= 15 is 0 Å². The molecule has 0 aromatic rings. The molecule has 0 amide bonds. The Bertz CT molecular complexity index is 182. The van der Waals surface area contributed by atoms with E-state index in [4.69, 9.17) is 0 Å². The van der Waals surface area contributed by atoms with Gasteiger partial charge >= 0.3 is 0 Å². The summed E-state index contributed by atoms with van der Waals surface area (Å²) in [6, 6.07) is 0.877. The second-order valence-electron chi connectivity index (χ2n) is 5.58. The summed E-state index contributed by atoms with van der Waals surface area (Å²) in [5, 5.41) is 0. The van der Waals surface area contributed by atoms with Crippen molar-refractivity contribution >= 4 is 0 Å². The van der Waals surface area contributed by atoms with Gasteiger partial charge in [0, 0.05) is 12.6 Å². The number of rotatable bonds is 1. The Morgan fingerprint density at radius 3 is 2.43 bits per heavy atom. The zero-order valence-corrected chi connectivity index (χ0v) is 9.89. The Balaban J connectivity index is 1.96.